The maximum Gasteiger partial charge on any atom is 0.124 e. The maximum absolute atomic E-state index is 5.99. The van der Waals surface area contributed by atoms with Crippen LogP contribution in [0.5, 0.6) is 5.75 Å². The van der Waals surface area contributed by atoms with E-state index in [1.54, 1.807) is 11.3 Å². The minimum absolute atomic E-state index is 0.0942. The summed E-state index contributed by atoms with van der Waals surface area (Å²) in [5, 5.41) is 0.684. The highest BCUT2D eigenvalue weighted by molar-refractivity contribution is 7.11. The van der Waals surface area contributed by atoms with Crippen LogP contribution in [0.15, 0.2) is 30.3 Å². The SMILES string of the molecule is CCc1ccc(COc2ccc(Cl)cc2[C@H](C)N)s1. The van der Waals surface area contributed by atoms with Gasteiger partial charge in [-0.15, -0.1) is 11.3 Å². The Morgan fingerprint density at radius 1 is 1.26 bits per heavy atom. The van der Waals surface area contributed by atoms with E-state index < -0.39 is 0 Å². The number of ether oxygens (including phenoxy) is 1. The fourth-order valence-corrected chi connectivity index (χ4v) is 2.90. The molecule has 102 valence electrons. The Morgan fingerprint density at radius 3 is 2.63 bits per heavy atom. The van der Waals surface area contributed by atoms with Gasteiger partial charge in [0.1, 0.15) is 12.4 Å². The van der Waals surface area contributed by atoms with Crippen LogP contribution in [0.3, 0.4) is 0 Å². The first kappa shape index (κ1) is 14.4. The van der Waals surface area contributed by atoms with Gasteiger partial charge < -0.3 is 10.5 Å². The fraction of sp³-hybridized carbons (Fsp3) is 0.333. The third kappa shape index (κ3) is 3.72. The van der Waals surface area contributed by atoms with Crippen molar-refractivity contribution >= 4 is 22.9 Å². The second-order valence-electron chi connectivity index (χ2n) is 4.48. The summed E-state index contributed by atoms with van der Waals surface area (Å²) < 4.78 is 5.87. The predicted molar refractivity (Wildman–Crippen MR) is 82.1 cm³/mol. The summed E-state index contributed by atoms with van der Waals surface area (Å²) in [4.78, 5) is 2.60. The summed E-state index contributed by atoms with van der Waals surface area (Å²) >= 11 is 7.78. The topological polar surface area (TPSA) is 35.2 Å². The number of aryl methyl sites for hydroxylation is 1. The predicted octanol–water partition coefficient (Wildman–Crippen LogP) is 4.56. The lowest BCUT2D eigenvalue weighted by Crippen LogP contribution is -2.07. The molecule has 0 saturated carbocycles. The first-order valence-corrected chi connectivity index (χ1v) is 7.55. The zero-order valence-corrected chi connectivity index (χ0v) is 12.7. The van der Waals surface area contributed by atoms with Crippen LogP contribution in [0.25, 0.3) is 0 Å². The lowest BCUT2D eigenvalue weighted by Gasteiger charge is -2.13. The molecule has 2 rings (SSSR count). The standard InChI is InChI=1S/C15H18ClNOS/c1-3-12-5-6-13(19-12)9-18-15-7-4-11(16)8-14(15)10(2)17/h4-8,10H,3,9,17H2,1-2H3/t10-/m0/s1. The molecule has 2 aromatic rings. The molecule has 1 aromatic carbocycles. The molecular weight excluding hydrogens is 278 g/mol. The van der Waals surface area contributed by atoms with Gasteiger partial charge in [-0.25, -0.2) is 0 Å². The molecule has 0 saturated heterocycles. The minimum atomic E-state index is -0.0942. The van der Waals surface area contributed by atoms with Gasteiger partial charge in [0.15, 0.2) is 0 Å². The van der Waals surface area contributed by atoms with Crippen LogP contribution < -0.4 is 10.5 Å². The summed E-state index contributed by atoms with van der Waals surface area (Å²) in [5.41, 5.74) is 6.89. The van der Waals surface area contributed by atoms with Gasteiger partial charge in [-0.2, -0.15) is 0 Å². The van der Waals surface area contributed by atoms with Crippen LogP contribution in [-0.4, -0.2) is 0 Å². The molecule has 0 aliphatic rings. The number of hydrogen-bond acceptors (Lipinski definition) is 3. The Labute approximate surface area is 123 Å². The van der Waals surface area contributed by atoms with E-state index in [4.69, 9.17) is 22.1 Å². The highest BCUT2D eigenvalue weighted by Gasteiger charge is 2.09. The lowest BCUT2D eigenvalue weighted by atomic mass is 10.1. The van der Waals surface area contributed by atoms with Crippen molar-refractivity contribution in [2.75, 3.05) is 0 Å². The van der Waals surface area contributed by atoms with Gasteiger partial charge in [0.05, 0.1) is 0 Å². The Hall–Kier alpha value is -1.03. The number of rotatable bonds is 5. The van der Waals surface area contributed by atoms with Crippen molar-refractivity contribution in [3.63, 3.8) is 0 Å². The van der Waals surface area contributed by atoms with Crippen molar-refractivity contribution in [1.29, 1.82) is 0 Å². The van der Waals surface area contributed by atoms with Crippen molar-refractivity contribution in [2.24, 2.45) is 5.73 Å². The second-order valence-corrected chi connectivity index (χ2v) is 6.17. The molecule has 0 unspecified atom stereocenters. The summed E-state index contributed by atoms with van der Waals surface area (Å²) in [6.07, 6.45) is 1.07. The van der Waals surface area contributed by atoms with E-state index in [-0.39, 0.29) is 6.04 Å². The number of halogens is 1. The van der Waals surface area contributed by atoms with Crippen LogP contribution in [0.1, 0.15) is 35.2 Å². The average molecular weight is 296 g/mol. The molecule has 2 nitrogen and oxygen atoms in total. The van der Waals surface area contributed by atoms with Gasteiger partial charge in [-0.1, -0.05) is 18.5 Å². The summed E-state index contributed by atoms with van der Waals surface area (Å²) in [7, 11) is 0. The van der Waals surface area contributed by atoms with E-state index in [1.165, 1.54) is 9.75 Å². The van der Waals surface area contributed by atoms with Crippen LogP contribution in [0.2, 0.25) is 5.02 Å². The Kier molecular flexibility index (Phi) is 4.86. The van der Waals surface area contributed by atoms with Gasteiger partial charge in [0.2, 0.25) is 0 Å². The molecular formula is C15H18ClNOS. The van der Waals surface area contributed by atoms with E-state index in [9.17, 15) is 0 Å². The zero-order chi connectivity index (χ0) is 13.8. The van der Waals surface area contributed by atoms with Gasteiger partial charge in [0, 0.05) is 26.4 Å². The van der Waals surface area contributed by atoms with Crippen molar-refractivity contribution in [2.45, 2.75) is 32.9 Å². The van der Waals surface area contributed by atoms with Crippen molar-refractivity contribution in [3.8, 4) is 5.75 Å². The highest BCUT2D eigenvalue weighted by atomic mass is 35.5. The largest absolute Gasteiger partial charge is 0.488 e. The molecule has 0 spiro atoms. The molecule has 1 aromatic heterocycles. The second kappa shape index (κ2) is 6.42. The van der Waals surface area contributed by atoms with E-state index in [1.807, 2.05) is 25.1 Å². The van der Waals surface area contributed by atoms with E-state index in [0.29, 0.717) is 11.6 Å². The van der Waals surface area contributed by atoms with Gasteiger partial charge in [-0.05, 0) is 43.7 Å². The van der Waals surface area contributed by atoms with Crippen molar-refractivity contribution < 1.29 is 4.74 Å². The first-order valence-electron chi connectivity index (χ1n) is 6.35. The molecule has 0 radical (unpaired) electrons. The normalized spacial score (nSPS) is 12.4. The zero-order valence-electron chi connectivity index (χ0n) is 11.2. The van der Waals surface area contributed by atoms with Crippen LogP contribution >= 0.6 is 22.9 Å². The Bertz CT molecular complexity index is 551. The first-order chi connectivity index (χ1) is 9.10. The smallest absolute Gasteiger partial charge is 0.124 e. The van der Waals surface area contributed by atoms with E-state index in [0.717, 1.165) is 17.7 Å². The fourth-order valence-electron chi connectivity index (χ4n) is 1.85. The summed E-state index contributed by atoms with van der Waals surface area (Å²) in [6, 6.07) is 9.75. The lowest BCUT2D eigenvalue weighted by molar-refractivity contribution is 0.305. The van der Waals surface area contributed by atoms with Crippen LogP contribution in [-0.2, 0) is 13.0 Å². The molecule has 0 aliphatic carbocycles. The Balaban J connectivity index is 2.10. The van der Waals surface area contributed by atoms with E-state index in [2.05, 4.69) is 19.1 Å². The van der Waals surface area contributed by atoms with Gasteiger partial charge >= 0.3 is 0 Å². The molecule has 0 bridgehead atoms. The monoisotopic (exact) mass is 295 g/mol. The molecule has 0 fully saturated rings. The number of thiophene rings is 1. The summed E-state index contributed by atoms with van der Waals surface area (Å²) in [6.45, 7) is 4.66. The number of hydrogen-bond donors (Lipinski definition) is 1. The average Bonchev–Trinajstić information content (AvgIpc) is 2.85. The van der Waals surface area contributed by atoms with Crippen molar-refractivity contribution in [1.82, 2.24) is 0 Å². The minimum Gasteiger partial charge on any atom is -0.488 e. The molecule has 1 atom stereocenters. The van der Waals surface area contributed by atoms with Gasteiger partial charge in [0.25, 0.3) is 0 Å². The molecule has 0 amide bonds. The molecule has 4 heteroatoms. The number of benzene rings is 1. The van der Waals surface area contributed by atoms with E-state index >= 15 is 0 Å². The maximum atomic E-state index is 5.99. The highest BCUT2D eigenvalue weighted by Crippen LogP contribution is 2.28. The third-order valence-corrected chi connectivity index (χ3v) is 4.34. The quantitative estimate of drug-likeness (QED) is 0.877. The van der Waals surface area contributed by atoms with Crippen LogP contribution in [0.4, 0.5) is 0 Å². The molecule has 1 heterocycles. The molecule has 2 N–H and O–H groups in total. The van der Waals surface area contributed by atoms with Crippen molar-refractivity contribution in [3.05, 3.63) is 50.7 Å². The third-order valence-electron chi connectivity index (χ3n) is 2.90. The van der Waals surface area contributed by atoms with Gasteiger partial charge in [-0.3, -0.25) is 0 Å². The summed E-state index contributed by atoms with van der Waals surface area (Å²) in [5.74, 6) is 0.811. The Morgan fingerprint density at radius 2 is 2.00 bits per heavy atom. The molecule has 19 heavy (non-hydrogen) atoms. The number of nitrogens with two attached hydrogens (primary N) is 1. The van der Waals surface area contributed by atoms with Crippen LogP contribution in [0, 0.1) is 0 Å². The molecule has 0 aliphatic heterocycles.